The Morgan fingerprint density at radius 3 is 2.24 bits per heavy atom. The average Bonchev–Trinajstić information content (AvgIpc) is 3.22. The number of thiophene rings is 1. The normalized spacial score (nSPS) is 10.8. The summed E-state index contributed by atoms with van der Waals surface area (Å²) in [6, 6.07) is 25.7. The molecule has 2 aromatic heterocycles. The Kier molecular flexibility index (Phi) is 6.34. The van der Waals surface area contributed by atoms with E-state index in [0.29, 0.717) is 32.9 Å². The molecule has 0 bridgehead atoms. The van der Waals surface area contributed by atoms with E-state index in [1.165, 1.54) is 11.3 Å². The van der Waals surface area contributed by atoms with Crippen LogP contribution in [0, 0.1) is 32.1 Å². The summed E-state index contributed by atoms with van der Waals surface area (Å²) < 4.78 is 0.721. The van der Waals surface area contributed by atoms with Gasteiger partial charge in [0.05, 0.1) is 10.2 Å². The summed E-state index contributed by atoms with van der Waals surface area (Å²) in [4.78, 5) is 18.3. The number of benzene rings is 3. The topological polar surface area (TPSA) is 104 Å². The lowest BCUT2D eigenvalue weighted by atomic mass is 9.99. The van der Waals surface area contributed by atoms with Crippen LogP contribution in [-0.4, -0.2) is 10.9 Å². The summed E-state index contributed by atoms with van der Waals surface area (Å²) >= 11 is 1.39. The quantitative estimate of drug-likeness (QED) is 0.233. The van der Waals surface area contributed by atoms with Crippen LogP contribution in [0.2, 0.25) is 0 Å². The lowest BCUT2D eigenvalue weighted by Crippen LogP contribution is -2.13. The number of rotatable bonds is 5. The number of nitrogens with two attached hydrogens (primary N) is 1. The van der Waals surface area contributed by atoms with Crippen LogP contribution in [0.3, 0.4) is 0 Å². The van der Waals surface area contributed by atoms with Gasteiger partial charge in [0.1, 0.15) is 28.0 Å². The van der Waals surface area contributed by atoms with E-state index >= 15 is 0 Å². The van der Waals surface area contributed by atoms with Gasteiger partial charge in [0.15, 0.2) is 0 Å². The van der Waals surface area contributed by atoms with Gasteiger partial charge in [-0.05, 0) is 56.2 Å². The molecule has 4 N–H and O–H groups in total. The molecule has 0 fully saturated rings. The Morgan fingerprint density at radius 1 is 0.919 bits per heavy atom. The highest BCUT2D eigenvalue weighted by Crippen LogP contribution is 2.44. The Bertz CT molecular complexity index is 1680. The first-order valence-electron chi connectivity index (χ1n) is 11.8. The van der Waals surface area contributed by atoms with Crippen molar-refractivity contribution in [1.29, 1.82) is 5.26 Å². The lowest BCUT2D eigenvalue weighted by molar-refractivity contribution is 0.102. The van der Waals surface area contributed by atoms with Crippen molar-refractivity contribution in [3.8, 4) is 17.2 Å². The van der Waals surface area contributed by atoms with Gasteiger partial charge < -0.3 is 16.4 Å². The van der Waals surface area contributed by atoms with Crippen LogP contribution in [0.4, 0.5) is 22.2 Å². The molecule has 0 saturated heterocycles. The maximum absolute atomic E-state index is 13.7. The zero-order valence-corrected chi connectivity index (χ0v) is 21.5. The highest BCUT2D eigenvalue weighted by Gasteiger charge is 2.26. The molecule has 6 nitrogen and oxygen atoms in total. The number of carbonyl (C=O) groups is 1. The van der Waals surface area contributed by atoms with E-state index in [-0.39, 0.29) is 11.7 Å². The monoisotopic (exact) mass is 503 g/mol. The molecule has 3 aromatic carbocycles. The minimum absolute atomic E-state index is 0.0925. The second-order valence-corrected chi connectivity index (χ2v) is 10.0. The van der Waals surface area contributed by atoms with Crippen LogP contribution in [0.1, 0.15) is 32.6 Å². The molecular formula is C30H25N5OS. The molecule has 7 heteroatoms. The fourth-order valence-corrected chi connectivity index (χ4v) is 5.44. The maximum Gasteiger partial charge on any atom is 0.260 e. The highest BCUT2D eigenvalue weighted by molar-refractivity contribution is 7.24. The van der Waals surface area contributed by atoms with Crippen LogP contribution in [0.5, 0.6) is 0 Å². The van der Waals surface area contributed by atoms with Crippen molar-refractivity contribution in [2.45, 2.75) is 20.8 Å². The third kappa shape index (κ3) is 4.75. The minimum atomic E-state index is -0.309. The summed E-state index contributed by atoms with van der Waals surface area (Å²) in [5.74, 6) is -0.216. The number of pyridine rings is 1. The molecule has 0 unspecified atom stereocenters. The zero-order valence-electron chi connectivity index (χ0n) is 20.7. The van der Waals surface area contributed by atoms with Crippen molar-refractivity contribution < 1.29 is 4.79 Å². The molecule has 0 aliphatic rings. The average molecular weight is 504 g/mol. The highest BCUT2D eigenvalue weighted by atomic mass is 32.1. The zero-order chi connectivity index (χ0) is 26.1. The molecule has 0 atom stereocenters. The van der Waals surface area contributed by atoms with Crippen molar-refractivity contribution in [3.63, 3.8) is 0 Å². The lowest BCUT2D eigenvalue weighted by Gasteiger charge is -2.10. The van der Waals surface area contributed by atoms with E-state index < -0.39 is 0 Å². The van der Waals surface area contributed by atoms with Gasteiger partial charge >= 0.3 is 0 Å². The Labute approximate surface area is 219 Å². The number of anilines is 4. The number of nitrogens with one attached hydrogen (secondary N) is 2. The number of carbonyl (C=O) groups excluding carboxylic acids is 1. The number of nitrogen functional groups attached to an aromatic ring is 1. The van der Waals surface area contributed by atoms with Crippen molar-refractivity contribution in [3.05, 3.63) is 101 Å². The van der Waals surface area contributed by atoms with Crippen LogP contribution in [0.15, 0.2) is 72.8 Å². The molecule has 182 valence electrons. The molecule has 0 aliphatic carbocycles. The van der Waals surface area contributed by atoms with Crippen LogP contribution >= 0.6 is 11.3 Å². The minimum Gasteiger partial charge on any atom is -0.383 e. The Balaban J connectivity index is 1.74. The smallest absolute Gasteiger partial charge is 0.260 e. The molecule has 37 heavy (non-hydrogen) atoms. The molecule has 0 radical (unpaired) electrons. The number of hydrogen-bond acceptors (Lipinski definition) is 6. The predicted octanol–water partition coefficient (Wildman–Crippen LogP) is 7.34. The fraction of sp³-hybridized carbons (Fsp3) is 0.100. The number of nitrogens with zero attached hydrogens (tertiary/aromatic N) is 2. The third-order valence-electron chi connectivity index (χ3n) is 6.11. The first-order valence-corrected chi connectivity index (χ1v) is 12.6. The first-order chi connectivity index (χ1) is 17.8. The number of amides is 1. The molecule has 0 spiro atoms. The van der Waals surface area contributed by atoms with Gasteiger partial charge in [-0.3, -0.25) is 4.79 Å². The van der Waals surface area contributed by atoms with E-state index in [1.54, 1.807) is 0 Å². The molecule has 1 amide bonds. The fourth-order valence-electron chi connectivity index (χ4n) is 4.21. The second-order valence-electron chi connectivity index (χ2n) is 9.02. The number of nitriles is 1. The number of hydrogen-bond donors (Lipinski definition) is 3. The van der Waals surface area contributed by atoms with Crippen molar-refractivity contribution in [2.24, 2.45) is 0 Å². The van der Waals surface area contributed by atoms with E-state index in [2.05, 4.69) is 21.7 Å². The van der Waals surface area contributed by atoms with Crippen LogP contribution < -0.4 is 16.4 Å². The second kappa shape index (κ2) is 9.76. The molecule has 0 saturated carbocycles. The predicted molar refractivity (Wildman–Crippen MR) is 153 cm³/mol. The van der Waals surface area contributed by atoms with E-state index in [1.807, 2.05) is 93.6 Å². The van der Waals surface area contributed by atoms with Gasteiger partial charge in [0.25, 0.3) is 5.91 Å². The van der Waals surface area contributed by atoms with Crippen molar-refractivity contribution in [1.82, 2.24) is 4.98 Å². The van der Waals surface area contributed by atoms with Crippen LogP contribution in [0.25, 0.3) is 21.3 Å². The molecule has 5 aromatic rings. The number of aromatic nitrogens is 1. The maximum atomic E-state index is 13.7. The van der Waals surface area contributed by atoms with Gasteiger partial charge in [-0.15, -0.1) is 11.3 Å². The van der Waals surface area contributed by atoms with Crippen molar-refractivity contribution >= 4 is 49.7 Å². The first kappa shape index (κ1) is 24.0. The Morgan fingerprint density at radius 2 is 1.59 bits per heavy atom. The van der Waals surface area contributed by atoms with Crippen molar-refractivity contribution in [2.75, 3.05) is 16.4 Å². The standard InChI is InChI=1S/C30H25N5OS/c1-17-7-11-20(12-8-17)24-23(16-31)28(32)35-26-25(29(36)33-21-13-9-18(2)10-14-21)30(37-27(24)26)34-22-6-4-5-19(3)15-22/h4-15,34H,1-3H3,(H2,32,35)(H,33,36). The number of fused-ring (bicyclic) bond motifs is 1. The third-order valence-corrected chi connectivity index (χ3v) is 7.22. The number of aryl methyl sites for hydroxylation is 3. The summed E-state index contributed by atoms with van der Waals surface area (Å²) in [7, 11) is 0. The molecule has 5 rings (SSSR count). The van der Waals surface area contributed by atoms with E-state index in [9.17, 15) is 10.1 Å². The molecule has 0 aliphatic heterocycles. The van der Waals surface area contributed by atoms with E-state index in [4.69, 9.17) is 5.73 Å². The summed E-state index contributed by atoms with van der Waals surface area (Å²) in [6.07, 6.45) is 0. The van der Waals surface area contributed by atoms with Gasteiger partial charge in [-0.25, -0.2) is 4.98 Å². The summed E-state index contributed by atoms with van der Waals surface area (Å²) in [5, 5.41) is 17.0. The van der Waals surface area contributed by atoms with Gasteiger partial charge in [0.2, 0.25) is 0 Å². The van der Waals surface area contributed by atoms with E-state index in [0.717, 1.165) is 32.6 Å². The van der Waals surface area contributed by atoms with Gasteiger partial charge in [0, 0.05) is 16.9 Å². The Hall–Kier alpha value is -4.67. The molecular weight excluding hydrogens is 478 g/mol. The largest absolute Gasteiger partial charge is 0.383 e. The van der Waals surface area contributed by atoms with Gasteiger partial charge in [-0.1, -0.05) is 59.7 Å². The summed E-state index contributed by atoms with van der Waals surface area (Å²) in [5.41, 5.74) is 13.8. The molecule has 2 heterocycles. The summed E-state index contributed by atoms with van der Waals surface area (Å²) in [6.45, 7) is 6.01. The van der Waals surface area contributed by atoms with Gasteiger partial charge in [-0.2, -0.15) is 5.26 Å². The SMILES string of the molecule is Cc1ccc(NC(=O)c2c(Nc3cccc(C)c3)sc3c(-c4ccc(C)cc4)c(C#N)c(N)nc23)cc1. The van der Waals surface area contributed by atoms with Crippen LogP contribution in [-0.2, 0) is 0 Å².